The fourth-order valence-electron chi connectivity index (χ4n) is 2.88. The first-order valence-electron chi connectivity index (χ1n) is 9.80. The zero-order valence-electron chi connectivity index (χ0n) is 17.0. The molecule has 2 heterocycles. The number of carbonyl (C=O) groups is 1. The van der Waals surface area contributed by atoms with Crippen LogP contribution in [-0.4, -0.2) is 26.2 Å². The zero-order valence-corrected chi connectivity index (χ0v) is 17.8. The standard InChI is InChI=1S/C22H20FN5O2S/c1-13(2)14-3-5-16(6-4-14)21-26-27-22(31-21)24-18(29)11-12-19-25-20(28-30-19)15-7-9-17(23)10-8-15/h3-10,13H,11-12H2,1-2H3,(H,24,27,29). The summed E-state index contributed by atoms with van der Waals surface area (Å²) in [5.74, 6) is 0.588. The number of hydrogen-bond donors (Lipinski definition) is 1. The monoisotopic (exact) mass is 437 g/mol. The van der Waals surface area contributed by atoms with Crippen LogP contribution in [0.3, 0.4) is 0 Å². The number of aromatic nitrogens is 4. The number of nitrogens with one attached hydrogen (secondary N) is 1. The number of carbonyl (C=O) groups excluding carboxylic acids is 1. The predicted molar refractivity (Wildman–Crippen MR) is 116 cm³/mol. The third-order valence-corrected chi connectivity index (χ3v) is 5.52. The van der Waals surface area contributed by atoms with Gasteiger partial charge in [-0.05, 0) is 35.7 Å². The molecule has 0 atom stereocenters. The van der Waals surface area contributed by atoms with Crippen molar-refractivity contribution >= 4 is 22.4 Å². The van der Waals surface area contributed by atoms with Crippen LogP contribution in [0.25, 0.3) is 22.0 Å². The van der Waals surface area contributed by atoms with Gasteiger partial charge in [-0.3, -0.25) is 4.79 Å². The number of amides is 1. The van der Waals surface area contributed by atoms with Crippen molar-refractivity contribution in [1.29, 1.82) is 0 Å². The topological polar surface area (TPSA) is 93.8 Å². The van der Waals surface area contributed by atoms with Crippen LogP contribution in [0.1, 0.15) is 37.6 Å². The van der Waals surface area contributed by atoms with Crippen LogP contribution >= 0.6 is 11.3 Å². The van der Waals surface area contributed by atoms with Crippen LogP contribution in [-0.2, 0) is 11.2 Å². The molecule has 0 fully saturated rings. The maximum atomic E-state index is 13.0. The Morgan fingerprint density at radius 2 is 1.77 bits per heavy atom. The van der Waals surface area contributed by atoms with Crippen LogP contribution in [0.15, 0.2) is 53.1 Å². The fraction of sp³-hybridized carbons (Fsp3) is 0.227. The maximum Gasteiger partial charge on any atom is 0.227 e. The van der Waals surface area contributed by atoms with Gasteiger partial charge in [0.05, 0.1) is 0 Å². The summed E-state index contributed by atoms with van der Waals surface area (Å²) < 4.78 is 18.2. The van der Waals surface area contributed by atoms with Gasteiger partial charge >= 0.3 is 0 Å². The Hall–Kier alpha value is -3.46. The SMILES string of the molecule is CC(C)c1ccc(-c2nnc(NC(=O)CCc3nc(-c4ccc(F)cc4)no3)s2)cc1. The second-order valence-corrected chi connectivity index (χ2v) is 8.23. The molecule has 4 aromatic rings. The Labute approximate surface area is 182 Å². The van der Waals surface area contributed by atoms with Gasteiger partial charge in [0.25, 0.3) is 0 Å². The first-order chi connectivity index (χ1) is 15.0. The molecule has 0 radical (unpaired) electrons. The summed E-state index contributed by atoms with van der Waals surface area (Å²) in [4.78, 5) is 16.5. The highest BCUT2D eigenvalue weighted by Gasteiger charge is 2.13. The largest absolute Gasteiger partial charge is 0.339 e. The number of rotatable bonds is 7. The van der Waals surface area contributed by atoms with E-state index in [4.69, 9.17) is 4.52 Å². The van der Waals surface area contributed by atoms with Crippen molar-refractivity contribution in [3.05, 3.63) is 65.8 Å². The predicted octanol–water partition coefficient (Wildman–Crippen LogP) is 5.09. The molecule has 0 saturated heterocycles. The van der Waals surface area contributed by atoms with Gasteiger partial charge in [0.2, 0.25) is 22.8 Å². The highest BCUT2D eigenvalue weighted by atomic mass is 32.1. The molecule has 0 aliphatic heterocycles. The highest BCUT2D eigenvalue weighted by Crippen LogP contribution is 2.28. The Morgan fingerprint density at radius 3 is 2.48 bits per heavy atom. The van der Waals surface area contributed by atoms with Crippen molar-refractivity contribution < 1.29 is 13.7 Å². The van der Waals surface area contributed by atoms with Crippen molar-refractivity contribution in [3.8, 4) is 22.0 Å². The molecule has 4 rings (SSSR count). The number of halogens is 1. The van der Waals surface area contributed by atoms with Gasteiger partial charge in [0.15, 0.2) is 0 Å². The molecule has 158 valence electrons. The van der Waals surface area contributed by atoms with Crippen molar-refractivity contribution in [2.24, 2.45) is 0 Å². The van der Waals surface area contributed by atoms with E-state index in [2.05, 4.69) is 51.6 Å². The number of anilines is 1. The first kappa shape index (κ1) is 20.8. The number of benzene rings is 2. The summed E-state index contributed by atoms with van der Waals surface area (Å²) >= 11 is 1.32. The molecule has 0 aliphatic carbocycles. The van der Waals surface area contributed by atoms with Crippen molar-refractivity contribution in [2.45, 2.75) is 32.6 Å². The lowest BCUT2D eigenvalue weighted by Crippen LogP contribution is -2.12. The maximum absolute atomic E-state index is 13.0. The van der Waals surface area contributed by atoms with Crippen LogP contribution < -0.4 is 5.32 Å². The summed E-state index contributed by atoms with van der Waals surface area (Å²) in [5, 5.41) is 16.0. The summed E-state index contributed by atoms with van der Waals surface area (Å²) in [6.45, 7) is 4.29. The van der Waals surface area contributed by atoms with Gasteiger partial charge in [-0.2, -0.15) is 4.98 Å². The van der Waals surface area contributed by atoms with E-state index in [1.165, 1.54) is 29.0 Å². The Morgan fingerprint density at radius 1 is 1.06 bits per heavy atom. The Balaban J connectivity index is 1.32. The lowest BCUT2D eigenvalue weighted by Gasteiger charge is -2.04. The molecule has 9 heteroatoms. The number of nitrogens with zero attached hydrogens (tertiary/aromatic N) is 4. The first-order valence-corrected chi connectivity index (χ1v) is 10.6. The normalized spacial score (nSPS) is 11.1. The zero-order chi connectivity index (χ0) is 21.8. The third-order valence-electron chi connectivity index (χ3n) is 4.63. The minimum Gasteiger partial charge on any atom is -0.339 e. The lowest BCUT2D eigenvalue weighted by molar-refractivity contribution is -0.116. The lowest BCUT2D eigenvalue weighted by atomic mass is 10.0. The van der Waals surface area contributed by atoms with Gasteiger partial charge in [-0.25, -0.2) is 4.39 Å². The van der Waals surface area contributed by atoms with E-state index < -0.39 is 0 Å². The van der Waals surface area contributed by atoms with Crippen LogP contribution in [0.4, 0.5) is 9.52 Å². The van der Waals surface area contributed by atoms with Gasteiger partial charge in [-0.1, -0.05) is 54.6 Å². The molecule has 0 bridgehead atoms. The molecule has 0 saturated carbocycles. The van der Waals surface area contributed by atoms with Gasteiger partial charge in [0, 0.05) is 24.0 Å². The molecule has 2 aromatic carbocycles. The Bertz CT molecular complexity index is 1170. The molecule has 0 aliphatic rings. The molecule has 31 heavy (non-hydrogen) atoms. The number of hydrogen-bond acceptors (Lipinski definition) is 7. The second-order valence-electron chi connectivity index (χ2n) is 7.26. The van der Waals surface area contributed by atoms with E-state index in [0.717, 1.165) is 10.6 Å². The fourth-order valence-corrected chi connectivity index (χ4v) is 3.64. The average Bonchev–Trinajstić information content (AvgIpc) is 3.43. The van der Waals surface area contributed by atoms with Crippen molar-refractivity contribution in [1.82, 2.24) is 20.3 Å². The van der Waals surface area contributed by atoms with E-state index in [0.29, 0.717) is 28.3 Å². The molecule has 0 unspecified atom stereocenters. The molecule has 0 spiro atoms. The van der Waals surface area contributed by atoms with Crippen LogP contribution in [0, 0.1) is 5.82 Å². The van der Waals surface area contributed by atoms with Crippen molar-refractivity contribution in [3.63, 3.8) is 0 Å². The smallest absolute Gasteiger partial charge is 0.227 e. The van der Waals surface area contributed by atoms with E-state index >= 15 is 0 Å². The average molecular weight is 438 g/mol. The molecule has 2 aromatic heterocycles. The molecule has 1 N–H and O–H groups in total. The van der Waals surface area contributed by atoms with E-state index in [1.54, 1.807) is 12.1 Å². The molecular weight excluding hydrogens is 417 g/mol. The van der Waals surface area contributed by atoms with E-state index in [9.17, 15) is 9.18 Å². The quantitative estimate of drug-likeness (QED) is 0.433. The summed E-state index contributed by atoms with van der Waals surface area (Å²) in [7, 11) is 0. The minimum atomic E-state index is -0.337. The summed E-state index contributed by atoms with van der Waals surface area (Å²) in [6.07, 6.45) is 0.436. The van der Waals surface area contributed by atoms with Crippen LogP contribution in [0.2, 0.25) is 0 Å². The molecule has 7 nitrogen and oxygen atoms in total. The Kier molecular flexibility index (Phi) is 6.13. The molecule has 1 amide bonds. The van der Waals surface area contributed by atoms with Crippen LogP contribution in [0.5, 0.6) is 0 Å². The van der Waals surface area contributed by atoms with Gasteiger partial charge in [-0.15, -0.1) is 10.2 Å². The van der Waals surface area contributed by atoms with E-state index in [1.807, 2.05) is 12.1 Å². The van der Waals surface area contributed by atoms with Crippen molar-refractivity contribution in [2.75, 3.05) is 5.32 Å². The van der Waals surface area contributed by atoms with Gasteiger partial charge < -0.3 is 9.84 Å². The number of aryl methyl sites for hydroxylation is 1. The molecular formula is C22H20FN5O2S. The van der Waals surface area contributed by atoms with Gasteiger partial charge in [0.1, 0.15) is 10.8 Å². The highest BCUT2D eigenvalue weighted by molar-refractivity contribution is 7.18. The third kappa shape index (κ3) is 5.18. The van der Waals surface area contributed by atoms with E-state index in [-0.39, 0.29) is 24.6 Å². The summed E-state index contributed by atoms with van der Waals surface area (Å²) in [6, 6.07) is 14.0. The summed E-state index contributed by atoms with van der Waals surface area (Å²) in [5.41, 5.74) is 2.86. The minimum absolute atomic E-state index is 0.156. The second kappa shape index (κ2) is 9.13.